The van der Waals surface area contributed by atoms with Crippen LogP contribution in [0.3, 0.4) is 0 Å². The lowest BCUT2D eigenvalue weighted by Gasteiger charge is -2.20. The molecular formula is C20H28N2. The van der Waals surface area contributed by atoms with Crippen LogP contribution in [0, 0.1) is 6.92 Å². The van der Waals surface area contributed by atoms with E-state index < -0.39 is 0 Å². The highest BCUT2D eigenvalue weighted by molar-refractivity contribution is 5.55. The average molecular weight is 296 g/mol. The summed E-state index contributed by atoms with van der Waals surface area (Å²) in [5.74, 6) is 0.825. The molecule has 0 bridgehead atoms. The highest BCUT2D eigenvalue weighted by atomic mass is 14.9. The van der Waals surface area contributed by atoms with E-state index in [1.807, 2.05) is 6.20 Å². The van der Waals surface area contributed by atoms with Crippen LogP contribution in [0.1, 0.15) is 63.8 Å². The lowest BCUT2D eigenvalue weighted by molar-refractivity contribution is 0.579. The molecule has 0 radical (unpaired) electrons. The van der Waals surface area contributed by atoms with Crippen molar-refractivity contribution in [3.63, 3.8) is 0 Å². The van der Waals surface area contributed by atoms with Crippen molar-refractivity contribution in [3.05, 3.63) is 47.3 Å². The Labute approximate surface area is 135 Å². The van der Waals surface area contributed by atoms with Crippen molar-refractivity contribution in [1.82, 2.24) is 9.97 Å². The smallest absolute Gasteiger partial charge is 0.159 e. The van der Waals surface area contributed by atoms with Crippen molar-refractivity contribution in [2.45, 2.75) is 65.7 Å². The van der Waals surface area contributed by atoms with E-state index in [9.17, 15) is 0 Å². The fourth-order valence-electron chi connectivity index (χ4n) is 2.74. The number of unbranched alkanes of at least 4 members (excludes halogenated alkanes) is 2. The van der Waals surface area contributed by atoms with Gasteiger partial charge in [-0.05, 0) is 36.3 Å². The SMILES string of the molecule is CCCCCc1ccc(-c2ncc(C(C)(C)C)c(C)n2)cc1. The first kappa shape index (κ1) is 16.7. The fraction of sp³-hybridized carbons (Fsp3) is 0.500. The van der Waals surface area contributed by atoms with Crippen molar-refractivity contribution < 1.29 is 0 Å². The van der Waals surface area contributed by atoms with Gasteiger partial charge in [-0.2, -0.15) is 0 Å². The summed E-state index contributed by atoms with van der Waals surface area (Å²) in [5.41, 5.74) is 4.88. The van der Waals surface area contributed by atoms with E-state index in [1.165, 1.54) is 30.4 Å². The molecular weight excluding hydrogens is 268 g/mol. The van der Waals surface area contributed by atoms with Gasteiger partial charge in [-0.25, -0.2) is 9.97 Å². The third kappa shape index (κ3) is 4.16. The van der Waals surface area contributed by atoms with Gasteiger partial charge in [0.25, 0.3) is 0 Å². The molecule has 2 rings (SSSR count). The van der Waals surface area contributed by atoms with Crippen molar-refractivity contribution >= 4 is 0 Å². The van der Waals surface area contributed by atoms with E-state index in [-0.39, 0.29) is 5.41 Å². The minimum atomic E-state index is 0.0890. The first-order valence-electron chi connectivity index (χ1n) is 8.35. The molecule has 0 amide bonds. The maximum absolute atomic E-state index is 4.70. The zero-order valence-electron chi connectivity index (χ0n) is 14.6. The average Bonchev–Trinajstić information content (AvgIpc) is 2.47. The molecule has 0 N–H and O–H groups in total. The molecule has 0 saturated heterocycles. The number of hydrogen-bond acceptors (Lipinski definition) is 2. The molecule has 2 nitrogen and oxygen atoms in total. The third-order valence-corrected chi connectivity index (χ3v) is 4.07. The molecule has 2 aromatic rings. The molecule has 0 aliphatic heterocycles. The Kier molecular flexibility index (Phi) is 5.33. The first-order chi connectivity index (χ1) is 10.4. The Hall–Kier alpha value is -1.70. The van der Waals surface area contributed by atoms with E-state index in [2.05, 4.69) is 63.9 Å². The summed E-state index contributed by atoms with van der Waals surface area (Å²) in [6.07, 6.45) is 6.99. The van der Waals surface area contributed by atoms with Gasteiger partial charge in [-0.1, -0.05) is 64.8 Å². The highest BCUT2D eigenvalue weighted by Crippen LogP contribution is 2.25. The van der Waals surface area contributed by atoms with Gasteiger partial charge in [0.1, 0.15) is 0 Å². The number of aryl methyl sites for hydroxylation is 2. The predicted molar refractivity (Wildman–Crippen MR) is 94.1 cm³/mol. The van der Waals surface area contributed by atoms with Crippen molar-refractivity contribution in [1.29, 1.82) is 0 Å². The molecule has 0 unspecified atom stereocenters. The van der Waals surface area contributed by atoms with Crippen LogP contribution in [-0.4, -0.2) is 9.97 Å². The Morgan fingerprint density at radius 3 is 2.23 bits per heavy atom. The summed E-state index contributed by atoms with van der Waals surface area (Å²) in [6.45, 7) is 10.9. The number of rotatable bonds is 5. The van der Waals surface area contributed by atoms with Gasteiger partial charge in [-0.3, -0.25) is 0 Å². The highest BCUT2D eigenvalue weighted by Gasteiger charge is 2.18. The largest absolute Gasteiger partial charge is 0.236 e. The van der Waals surface area contributed by atoms with E-state index in [1.54, 1.807) is 0 Å². The van der Waals surface area contributed by atoms with Crippen molar-refractivity contribution in [3.8, 4) is 11.4 Å². The molecule has 1 heterocycles. The third-order valence-electron chi connectivity index (χ3n) is 4.07. The summed E-state index contributed by atoms with van der Waals surface area (Å²) in [7, 11) is 0. The maximum Gasteiger partial charge on any atom is 0.159 e. The van der Waals surface area contributed by atoms with E-state index in [0.717, 1.165) is 23.5 Å². The molecule has 0 saturated carbocycles. The van der Waals surface area contributed by atoms with Crippen LogP contribution in [0.15, 0.2) is 30.5 Å². The van der Waals surface area contributed by atoms with Gasteiger partial charge < -0.3 is 0 Å². The monoisotopic (exact) mass is 296 g/mol. The second kappa shape index (κ2) is 7.04. The molecule has 1 aromatic carbocycles. The standard InChI is InChI=1S/C20H28N2/c1-6-7-8-9-16-10-12-17(13-11-16)19-21-14-18(15(2)22-19)20(3,4)5/h10-14H,6-9H2,1-5H3. The Bertz CT molecular complexity index is 607. The molecule has 0 aliphatic rings. The summed E-state index contributed by atoms with van der Waals surface area (Å²) >= 11 is 0. The quantitative estimate of drug-likeness (QED) is 0.682. The normalized spacial score (nSPS) is 11.7. The first-order valence-corrected chi connectivity index (χ1v) is 8.35. The van der Waals surface area contributed by atoms with Gasteiger partial charge in [0.15, 0.2) is 5.82 Å². The fourth-order valence-corrected chi connectivity index (χ4v) is 2.74. The maximum atomic E-state index is 4.70. The van der Waals surface area contributed by atoms with Crippen LogP contribution in [0.5, 0.6) is 0 Å². The van der Waals surface area contributed by atoms with Crippen LogP contribution >= 0.6 is 0 Å². The number of hydrogen-bond donors (Lipinski definition) is 0. The lowest BCUT2D eigenvalue weighted by atomic mass is 9.87. The Morgan fingerprint density at radius 1 is 1.00 bits per heavy atom. The topological polar surface area (TPSA) is 25.8 Å². The molecule has 1 aromatic heterocycles. The molecule has 0 aliphatic carbocycles. The molecule has 118 valence electrons. The van der Waals surface area contributed by atoms with Crippen LogP contribution < -0.4 is 0 Å². The van der Waals surface area contributed by atoms with Crippen LogP contribution in [0.25, 0.3) is 11.4 Å². The molecule has 0 atom stereocenters. The van der Waals surface area contributed by atoms with Crippen LogP contribution in [-0.2, 0) is 11.8 Å². The van der Waals surface area contributed by atoms with Gasteiger partial charge in [0.05, 0.1) is 0 Å². The van der Waals surface area contributed by atoms with Gasteiger partial charge in [0, 0.05) is 17.5 Å². The second-order valence-electron chi connectivity index (χ2n) is 7.10. The van der Waals surface area contributed by atoms with E-state index >= 15 is 0 Å². The molecule has 22 heavy (non-hydrogen) atoms. The lowest BCUT2D eigenvalue weighted by Crippen LogP contribution is -2.15. The Balaban J connectivity index is 2.17. The zero-order chi connectivity index (χ0) is 16.2. The predicted octanol–water partition coefficient (Wildman–Crippen LogP) is 5.48. The molecule has 0 spiro atoms. The van der Waals surface area contributed by atoms with E-state index in [0.29, 0.717) is 0 Å². The van der Waals surface area contributed by atoms with Gasteiger partial charge >= 0.3 is 0 Å². The Morgan fingerprint density at radius 2 is 1.68 bits per heavy atom. The zero-order valence-corrected chi connectivity index (χ0v) is 14.6. The number of benzene rings is 1. The van der Waals surface area contributed by atoms with Crippen LogP contribution in [0.2, 0.25) is 0 Å². The van der Waals surface area contributed by atoms with Crippen LogP contribution in [0.4, 0.5) is 0 Å². The minimum absolute atomic E-state index is 0.0890. The minimum Gasteiger partial charge on any atom is -0.236 e. The summed E-state index contributed by atoms with van der Waals surface area (Å²) in [6, 6.07) is 8.71. The van der Waals surface area contributed by atoms with Crippen molar-refractivity contribution in [2.75, 3.05) is 0 Å². The van der Waals surface area contributed by atoms with Gasteiger partial charge in [-0.15, -0.1) is 0 Å². The molecule has 2 heteroatoms. The number of aromatic nitrogens is 2. The number of nitrogens with zero attached hydrogens (tertiary/aromatic N) is 2. The van der Waals surface area contributed by atoms with Crippen molar-refractivity contribution in [2.24, 2.45) is 0 Å². The van der Waals surface area contributed by atoms with E-state index in [4.69, 9.17) is 4.98 Å². The second-order valence-corrected chi connectivity index (χ2v) is 7.10. The summed E-state index contributed by atoms with van der Waals surface area (Å²) in [4.78, 5) is 9.27. The summed E-state index contributed by atoms with van der Waals surface area (Å²) < 4.78 is 0. The van der Waals surface area contributed by atoms with Gasteiger partial charge in [0.2, 0.25) is 0 Å². The summed E-state index contributed by atoms with van der Waals surface area (Å²) in [5, 5.41) is 0. The molecule has 0 fully saturated rings.